The summed E-state index contributed by atoms with van der Waals surface area (Å²) in [4.78, 5) is -0.299. The van der Waals surface area contributed by atoms with Crippen LogP contribution >= 0.6 is 0 Å². The maximum absolute atomic E-state index is 12.1. The lowest BCUT2D eigenvalue weighted by molar-refractivity contribution is -0.200. The maximum Gasteiger partial charge on any atom is 0.415 e. The van der Waals surface area contributed by atoms with E-state index in [0.717, 1.165) is 0 Å². The summed E-state index contributed by atoms with van der Waals surface area (Å²) >= 11 is 0. The van der Waals surface area contributed by atoms with Crippen molar-refractivity contribution in [1.82, 2.24) is 4.72 Å². The van der Waals surface area contributed by atoms with Crippen LogP contribution in [0.5, 0.6) is 5.75 Å². The van der Waals surface area contributed by atoms with Gasteiger partial charge >= 0.3 is 6.18 Å². The van der Waals surface area contributed by atoms with Crippen molar-refractivity contribution < 1.29 is 31.4 Å². The van der Waals surface area contributed by atoms with Crippen LogP contribution < -0.4 is 9.46 Å². The molecule has 1 aromatic carbocycles. The molecule has 0 bridgehead atoms. The molecule has 0 heterocycles. The minimum Gasteiger partial charge on any atom is -0.495 e. The Hall–Kier alpha value is -1.32. The molecular weight excluding hydrogens is 287 g/mol. The molecule has 0 radical (unpaired) electrons. The molecule has 19 heavy (non-hydrogen) atoms. The fourth-order valence-electron chi connectivity index (χ4n) is 1.22. The number of hydrogen-bond acceptors (Lipinski definition) is 4. The van der Waals surface area contributed by atoms with Crippen molar-refractivity contribution in [2.75, 3.05) is 13.7 Å². The third-order valence-electron chi connectivity index (χ3n) is 2.20. The standard InChI is InChI=1S/C10H12F3NO4S/c1-18-7-4-2-3-5-8(7)19(16,17)14-6-9(15)10(11,12)13/h2-5,9,14-15H,6H2,1H3. The van der Waals surface area contributed by atoms with Gasteiger partial charge in [-0.1, -0.05) is 12.1 Å². The van der Waals surface area contributed by atoms with Gasteiger partial charge in [-0.2, -0.15) is 13.2 Å². The van der Waals surface area contributed by atoms with Crippen LogP contribution in [0, 0.1) is 0 Å². The molecule has 1 unspecified atom stereocenters. The quantitative estimate of drug-likeness (QED) is 0.847. The zero-order chi connectivity index (χ0) is 14.7. The van der Waals surface area contributed by atoms with Crippen LogP contribution in [0.3, 0.4) is 0 Å². The number of benzene rings is 1. The molecule has 1 atom stereocenters. The molecule has 0 saturated carbocycles. The molecule has 1 rings (SSSR count). The summed E-state index contributed by atoms with van der Waals surface area (Å²) in [5.74, 6) is -0.00324. The Labute approximate surface area is 108 Å². The number of aliphatic hydroxyl groups excluding tert-OH is 1. The number of ether oxygens (including phenoxy) is 1. The Morgan fingerprint density at radius 1 is 1.37 bits per heavy atom. The van der Waals surface area contributed by atoms with E-state index >= 15 is 0 Å². The first-order chi connectivity index (χ1) is 8.68. The Morgan fingerprint density at radius 2 is 1.95 bits per heavy atom. The van der Waals surface area contributed by atoms with Crippen molar-refractivity contribution in [2.24, 2.45) is 0 Å². The molecule has 0 aromatic heterocycles. The first-order valence-electron chi connectivity index (χ1n) is 5.06. The van der Waals surface area contributed by atoms with Crippen molar-refractivity contribution in [1.29, 1.82) is 0 Å². The van der Waals surface area contributed by atoms with E-state index in [0.29, 0.717) is 0 Å². The number of rotatable bonds is 5. The van der Waals surface area contributed by atoms with Gasteiger partial charge in [-0.3, -0.25) is 0 Å². The fourth-order valence-corrected chi connectivity index (χ4v) is 2.43. The predicted molar refractivity (Wildman–Crippen MR) is 60.2 cm³/mol. The molecule has 0 aliphatic heterocycles. The number of nitrogens with one attached hydrogen (secondary N) is 1. The van der Waals surface area contributed by atoms with Crippen molar-refractivity contribution in [3.63, 3.8) is 0 Å². The average molecular weight is 299 g/mol. The van der Waals surface area contributed by atoms with Crippen molar-refractivity contribution in [3.8, 4) is 5.75 Å². The molecule has 0 fully saturated rings. The molecule has 9 heteroatoms. The zero-order valence-electron chi connectivity index (χ0n) is 9.81. The van der Waals surface area contributed by atoms with Crippen LogP contribution in [0.25, 0.3) is 0 Å². The smallest absolute Gasteiger partial charge is 0.415 e. The zero-order valence-corrected chi connectivity index (χ0v) is 10.6. The Balaban J connectivity index is 2.88. The number of methoxy groups -OCH3 is 1. The topological polar surface area (TPSA) is 75.6 Å². The van der Waals surface area contributed by atoms with Crippen molar-refractivity contribution >= 4 is 10.0 Å². The van der Waals surface area contributed by atoms with Crippen molar-refractivity contribution in [3.05, 3.63) is 24.3 Å². The summed E-state index contributed by atoms with van der Waals surface area (Å²) in [6.07, 6.45) is -7.65. The first-order valence-corrected chi connectivity index (χ1v) is 6.54. The molecule has 2 N–H and O–H groups in total. The van der Waals surface area contributed by atoms with E-state index < -0.39 is 28.8 Å². The summed E-state index contributed by atoms with van der Waals surface area (Å²) in [6.45, 7) is -1.16. The van der Waals surface area contributed by atoms with Crippen LogP contribution in [0.4, 0.5) is 13.2 Å². The van der Waals surface area contributed by atoms with E-state index in [1.165, 1.54) is 31.4 Å². The third-order valence-corrected chi connectivity index (χ3v) is 3.67. The van der Waals surface area contributed by atoms with E-state index in [2.05, 4.69) is 0 Å². The molecule has 108 valence electrons. The molecule has 0 aliphatic carbocycles. The highest BCUT2D eigenvalue weighted by atomic mass is 32.2. The van der Waals surface area contributed by atoms with Gasteiger partial charge in [0.15, 0.2) is 6.10 Å². The second-order valence-corrected chi connectivity index (χ2v) is 5.30. The number of aliphatic hydroxyl groups is 1. The number of sulfonamides is 1. The highest BCUT2D eigenvalue weighted by Gasteiger charge is 2.38. The molecule has 1 aromatic rings. The first kappa shape index (κ1) is 15.7. The van der Waals surface area contributed by atoms with Gasteiger partial charge in [-0.15, -0.1) is 0 Å². The highest BCUT2D eigenvalue weighted by molar-refractivity contribution is 7.89. The van der Waals surface area contributed by atoms with Gasteiger partial charge < -0.3 is 9.84 Å². The summed E-state index contributed by atoms with van der Waals surface area (Å²) in [7, 11) is -2.96. The Morgan fingerprint density at radius 3 is 2.47 bits per heavy atom. The molecule has 0 aliphatic rings. The van der Waals surface area contributed by atoms with E-state index in [9.17, 15) is 21.6 Å². The SMILES string of the molecule is COc1ccccc1S(=O)(=O)NCC(O)C(F)(F)F. The van der Waals surface area contributed by atoms with E-state index in [1.54, 1.807) is 4.72 Å². The normalized spacial score (nSPS) is 14.2. The number of hydrogen-bond donors (Lipinski definition) is 2. The maximum atomic E-state index is 12.1. The molecule has 0 amide bonds. The van der Waals surface area contributed by atoms with Gasteiger partial charge in [-0.25, -0.2) is 13.1 Å². The minimum absolute atomic E-state index is 0.00324. The summed E-state index contributed by atoms with van der Waals surface area (Å²) in [5, 5.41) is 8.74. The van der Waals surface area contributed by atoms with Crippen LogP contribution in [-0.4, -0.2) is 39.5 Å². The second-order valence-electron chi connectivity index (χ2n) is 3.56. The summed E-state index contributed by atoms with van der Waals surface area (Å²) < 4.78 is 66.2. The van der Waals surface area contributed by atoms with Crippen LogP contribution in [0.2, 0.25) is 0 Å². The molecule has 5 nitrogen and oxygen atoms in total. The lowest BCUT2D eigenvalue weighted by Gasteiger charge is -2.16. The Kier molecular flexibility index (Phi) is 4.77. The molecular formula is C10H12F3NO4S. The molecule has 0 saturated heterocycles. The lowest BCUT2D eigenvalue weighted by Crippen LogP contribution is -2.40. The summed E-state index contributed by atoms with van der Waals surface area (Å²) in [6, 6.07) is 5.45. The van der Waals surface area contributed by atoms with Crippen LogP contribution in [0.1, 0.15) is 0 Å². The number of alkyl halides is 3. The third kappa shape index (κ3) is 4.08. The predicted octanol–water partition coefficient (Wildman–Crippen LogP) is 0.897. The van der Waals surface area contributed by atoms with E-state index in [4.69, 9.17) is 9.84 Å². The number of halogens is 3. The minimum atomic E-state index is -4.89. The monoisotopic (exact) mass is 299 g/mol. The summed E-state index contributed by atoms with van der Waals surface area (Å²) in [5.41, 5.74) is 0. The molecule has 0 spiro atoms. The Bertz CT molecular complexity index is 530. The lowest BCUT2D eigenvalue weighted by atomic mass is 10.3. The van der Waals surface area contributed by atoms with E-state index in [-0.39, 0.29) is 10.6 Å². The van der Waals surface area contributed by atoms with E-state index in [1.807, 2.05) is 0 Å². The van der Waals surface area contributed by atoms with Crippen LogP contribution in [-0.2, 0) is 10.0 Å². The van der Waals surface area contributed by atoms with Gasteiger partial charge in [0.2, 0.25) is 10.0 Å². The number of para-hydroxylation sites is 1. The van der Waals surface area contributed by atoms with Crippen LogP contribution in [0.15, 0.2) is 29.2 Å². The van der Waals surface area contributed by atoms with Crippen molar-refractivity contribution in [2.45, 2.75) is 17.2 Å². The van der Waals surface area contributed by atoms with Gasteiger partial charge in [0.25, 0.3) is 0 Å². The van der Waals surface area contributed by atoms with Gasteiger partial charge in [-0.05, 0) is 12.1 Å². The van der Waals surface area contributed by atoms with Gasteiger partial charge in [0.05, 0.1) is 7.11 Å². The average Bonchev–Trinajstić information content (AvgIpc) is 2.34. The fraction of sp³-hybridized carbons (Fsp3) is 0.400. The van der Waals surface area contributed by atoms with Gasteiger partial charge in [0, 0.05) is 6.54 Å². The second kappa shape index (κ2) is 5.76. The van der Waals surface area contributed by atoms with Gasteiger partial charge in [0.1, 0.15) is 10.6 Å². The highest BCUT2D eigenvalue weighted by Crippen LogP contribution is 2.23. The largest absolute Gasteiger partial charge is 0.495 e.